The lowest BCUT2D eigenvalue weighted by atomic mass is 10.1. The van der Waals surface area contributed by atoms with Crippen LogP contribution in [0.4, 0.5) is 0 Å². The monoisotopic (exact) mass is 224 g/mol. The van der Waals surface area contributed by atoms with Gasteiger partial charge in [0.2, 0.25) is 0 Å². The smallest absolute Gasteiger partial charge is 0.136 e. The highest BCUT2D eigenvalue weighted by Gasteiger charge is 2.02. The van der Waals surface area contributed by atoms with E-state index in [1.165, 1.54) is 0 Å². The fourth-order valence-corrected chi connectivity index (χ4v) is 1.90. The van der Waals surface area contributed by atoms with Gasteiger partial charge >= 0.3 is 0 Å². The van der Waals surface area contributed by atoms with Gasteiger partial charge in [-0.15, -0.1) is 0 Å². The van der Waals surface area contributed by atoms with Gasteiger partial charge in [-0.2, -0.15) is 0 Å². The lowest BCUT2D eigenvalue weighted by molar-refractivity contribution is 0.475. The summed E-state index contributed by atoms with van der Waals surface area (Å²) in [6.45, 7) is 0. The van der Waals surface area contributed by atoms with Gasteiger partial charge in [0.05, 0.1) is 5.69 Å². The minimum atomic E-state index is 0.295. The van der Waals surface area contributed by atoms with Gasteiger partial charge in [-0.25, -0.2) is 4.98 Å². The maximum Gasteiger partial charge on any atom is 0.136 e. The number of hydrogen-bond donors (Lipinski definition) is 1. The van der Waals surface area contributed by atoms with E-state index >= 15 is 0 Å². The van der Waals surface area contributed by atoms with E-state index in [0.717, 1.165) is 23.3 Å². The average Bonchev–Trinajstić information content (AvgIpc) is 2.74. The van der Waals surface area contributed by atoms with Crippen LogP contribution in [0.2, 0.25) is 0 Å². The number of pyridine rings is 1. The minimum Gasteiger partial charge on any atom is -0.508 e. The average molecular weight is 224 g/mol. The van der Waals surface area contributed by atoms with Gasteiger partial charge in [0, 0.05) is 18.8 Å². The van der Waals surface area contributed by atoms with Gasteiger partial charge in [-0.1, -0.05) is 18.2 Å². The molecule has 3 rings (SSSR count). The van der Waals surface area contributed by atoms with Gasteiger partial charge in [-0.05, 0) is 29.8 Å². The Morgan fingerprint density at radius 1 is 1.06 bits per heavy atom. The number of aromatic hydroxyl groups is 1. The van der Waals surface area contributed by atoms with Crippen molar-refractivity contribution in [1.82, 2.24) is 9.38 Å². The number of phenolic OH excluding ortho intramolecular Hbond substituents is 1. The Morgan fingerprint density at radius 2 is 1.88 bits per heavy atom. The van der Waals surface area contributed by atoms with E-state index in [1.54, 1.807) is 12.1 Å². The third-order valence-corrected chi connectivity index (χ3v) is 2.74. The molecule has 84 valence electrons. The van der Waals surface area contributed by atoms with Crippen LogP contribution in [0.15, 0.2) is 54.9 Å². The quantitative estimate of drug-likeness (QED) is 0.726. The second kappa shape index (κ2) is 3.94. The standard InChI is InChI=1S/C14H12N2O/c17-13-6-4-11(5-7-13)9-12-10-16-8-2-1-3-14(16)15-12/h1-8,10,17H,9H2. The lowest BCUT2D eigenvalue weighted by Gasteiger charge is -1.97. The van der Waals surface area contributed by atoms with E-state index in [0.29, 0.717) is 5.75 Å². The molecule has 3 aromatic rings. The van der Waals surface area contributed by atoms with Crippen LogP contribution in [0, 0.1) is 0 Å². The maximum atomic E-state index is 9.22. The van der Waals surface area contributed by atoms with E-state index in [1.807, 2.05) is 47.1 Å². The zero-order chi connectivity index (χ0) is 11.7. The van der Waals surface area contributed by atoms with Crippen LogP contribution in [-0.2, 0) is 6.42 Å². The van der Waals surface area contributed by atoms with Crippen molar-refractivity contribution in [3.63, 3.8) is 0 Å². The first-order chi connectivity index (χ1) is 8.31. The Morgan fingerprint density at radius 3 is 2.65 bits per heavy atom. The summed E-state index contributed by atoms with van der Waals surface area (Å²) >= 11 is 0. The third kappa shape index (κ3) is 1.99. The summed E-state index contributed by atoms with van der Waals surface area (Å²) in [4.78, 5) is 4.53. The molecule has 17 heavy (non-hydrogen) atoms. The van der Waals surface area contributed by atoms with Crippen molar-refractivity contribution < 1.29 is 5.11 Å². The van der Waals surface area contributed by atoms with Gasteiger partial charge < -0.3 is 9.51 Å². The lowest BCUT2D eigenvalue weighted by Crippen LogP contribution is -1.87. The molecule has 0 aliphatic carbocycles. The molecule has 0 unspecified atom stereocenters. The van der Waals surface area contributed by atoms with Gasteiger partial charge in [0.1, 0.15) is 11.4 Å². The first kappa shape index (κ1) is 9.90. The summed E-state index contributed by atoms with van der Waals surface area (Å²) in [7, 11) is 0. The largest absolute Gasteiger partial charge is 0.508 e. The van der Waals surface area contributed by atoms with E-state index in [9.17, 15) is 5.11 Å². The molecular weight excluding hydrogens is 212 g/mol. The summed E-state index contributed by atoms with van der Waals surface area (Å²) in [5, 5.41) is 9.22. The van der Waals surface area contributed by atoms with E-state index in [4.69, 9.17) is 0 Å². The van der Waals surface area contributed by atoms with Crippen molar-refractivity contribution in [3.05, 3.63) is 66.1 Å². The summed E-state index contributed by atoms with van der Waals surface area (Å²) in [6, 6.07) is 13.2. The molecule has 0 spiro atoms. The summed E-state index contributed by atoms with van der Waals surface area (Å²) in [6.07, 6.45) is 4.80. The van der Waals surface area contributed by atoms with Crippen LogP contribution >= 0.6 is 0 Å². The number of aromatic nitrogens is 2. The predicted octanol–water partition coefficient (Wildman–Crippen LogP) is 2.63. The van der Waals surface area contributed by atoms with Gasteiger partial charge in [0.15, 0.2) is 0 Å². The molecule has 0 atom stereocenters. The molecule has 2 aromatic heterocycles. The maximum absolute atomic E-state index is 9.22. The highest BCUT2D eigenvalue weighted by atomic mass is 16.3. The molecule has 0 saturated heterocycles. The van der Waals surface area contributed by atoms with Crippen LogP contribution < -0.4 is 0 Å². The fourth-order valence-electron chi connectivity index (χ4n) is 1.90. The Labute approximate surface area is 99.0 Å². The first-order valence-electron chi connectivity index (χ1n) is 5.52. The molecule has 1 N–H and O–H groups in total. The van der Waals surface area contributed by atoms with Crippen molar-refractivity contribution in [1.29, 1.82) is 0 Å². The SMILES string of the molecule is Oc1ccc(Cc2cn3ccccc3n2)cc1. The van der Waals surface area contributed by atoms with E-state index in [-0.39, 0.29) is 0 Å². The number of imidazole rings is 1. The molecule has 0 amide bonds. The summed E-state index contributed by atoms with van der Waals surface area (Å²) in [5.41, 5.74) is 3.13. The second-order valence-corrected chi connectivity index (χ2v) is 4.04. The normalized spacial score (nSPS) is 10.8. The number of phenols is 1. The number of rotatable bonds is 2. The highest BCUT2D eigenvalue weighted by Crippen LogP contribution is 2.14. The topological polar surface area (TPSA) is 37.5 Å². The molecule has 0 radical (unpaired) electrons. The Kier molecular flexibility index (Phi) is 2.29. The molecule has 3 nitrogen and oxygen atoms in total. The number of benzene rings is 1. The van der Waals surface area contributed by atoms with E-state index in [2.05, 4.69) is 4.98 Å². The molecular formula is C14H12N2O. The molecule has 0 aliphatic rings. The zero-order valence-electron chi connectivity index (χ0n) is 9.24. The van der Waals surface area contributed by atoms with E-state index < -0.39 is 0 Å². The molecule has 0 saturated carbocycles. The van der Waals surface area contributed by atoms with Crippen LogP contribution in [0.5, 0.6) is 5.75 Å². The molecule has 2 heterocycles. The van der Waals surface area contributed by atoms with Crippen LogP contribution in [0.3, 0.4) is 0 Å². The highest BCUT2D eigenvalue weighted by molar-refractivity contribution is 5.40. The Bertz CT molecular complexity index is 608. The second-order valence-electron chi connectivity index (χ2n) is 4.04. The predicted molar refractivity (Wildman–Crippen MR) is 66.1 cm³/mol. The first-order valence-corrected chi connectivity index (χ1v) is 5.52. The van der Waals surface area contributed by atoms with Crippen molar-refractivity contribution in [3.8, 4) is 5.75 Å². The van der Waals surface area contributed by atoms with Crippen molar-refractivity contribution in [2.24, 2.45) is 0 Å². The third-order valence-electron chi connectivity index (χ3n) is 2.74. The summed E-state index contributed by atoms with van der Waals surface area (Å²) in [5.74, 6) is 0.295. The summed E-state index contributed by atoms with van der Waals surface area (Å²) < 4.78 is 2.01. The Hall–Kier alpha value is -2.29. The number of nitrogens with zero attached hydrogens (tertiary/aromatic N) is 2. The molecule has 0 bridgehead atoms. The van der Waals surface area contributed by atoms with Crippen molar-refractivity contribution in [2.45, 2.75) is 6.42 Å². The van der Waals surface area contributed by atoms with Gasteiger partial charge in [0.25, 0.3) is 0 Å². The van der Waals surface area contributed by atoms with Crippen LogP contribution in [-0.4, -0.2) is 14.5 Å². The molecule has 1 aromatic carbocycles. The Balaban J connectivity index is 1.92. The van der Waals surface area contributed by atoms with Gasteiger partial charge in [-0.3, -0.25) is 0 Å². The molecule has 3 heteroatoms. The van der Waals surface area contributed by atoms with Crippen molar-refractivity contribution >= 4 is 5.65 Å². The number of fused-ring (bicyclic) bond motifs is 1. The molecule has 0 fully saturated rings. The fraction of sp³-hybridized carbons (Fsp3) is 0.0714. The number of hydrogen-bond acceptors (Lipinski definition) is 2. The zero-order valence-corrected chi connectivity index (χ0v) is 9.24. The van der Waals surface area contributed by atoms with Crippen LogP contribution in [0.25, 0.3) is 5.65 Å². The minimum absolute atomic E-state index is 0.295. The molecule has 0 aliphatic heterocycles. The van der Waals surface area contributed by atoms with Crippen LogP contribution in [0.1, 0.15) is 11.3 Å². The van der Waals surface area contributed by atoms with Crippen molar-refractivity contribution in [2.75, 3.05) is 0 Å².